The van der Waals surface area contributed by atoms with Crippen molar-refractivity contribution in [1.82, 2.24) is 4.90 Å². The van der Waals surface area contributed by atoms with E-state index in [9.17, 15) is 14.4 Å². The third kappa shape index (κ3) is 4.82. The van der Waals surface area contributed by atoms with Gasteiger partial charge in [0.2, 0.25) is 0 Å². The van der Waals surface area contributed by atoms with E-state index in [-0.39, 0.29) is 11.8 Å². The molecular formula is C14H21NO3. The van der Waals surface area contributed by atoms with Gasteiger partial charge in [0.15, 0.2) is 0 Å². The minimum absolute atomic E-state index is 0.223. The zero-order valence-corrected chi connectivity index (χ0v) is 11.0. The second kappa shape index (κ2) is 7.80. The molecule has 0 saturated carbocycles. The largest absolute Gasteiger partial charge is 0.300 e. The van der Waals surface area contributed by atoms with Crippen molar-refractivity contribution in [2.45, 2.75) is 51.9 Å². The maximum atomic E-state index is 11.4. The Kier molecular flexibility index (Phi) is 6.33. The maximum absolute atomic E-state index is 11.4. The summed E-state index contributed by atoms with van der Waals surface area (Å²) in [6, 6.07) is 0. The Labute approximate surface area is 108 Å². The van der Waals surface area contributed by atoms with Crippen molar-refractivity contribution in [3.05, 3.63) is 12.2 Å². The van der Waals surface area contributed by atoms with Crippen LogP contribution in [0.25, 0.3) is 0 Å². The van der Waals surface area contributed by atoms with E-state index in [4.69, 9.17) is 0 Å². The molecule has 0 unspecified atom stereocenters. The van der Waals surface area contributed by atoms with E-state index >= 15 is 0 Å². The van der Waals surface area contributed by atoms with Crippen LogP contribution in [0, 0.1) is 0 Å². The molecule has 0 aromatic carbocycles. The van der Waals surface area contributed by atoms with Crippen molar-refractivity contribution in [2.75, 3.05) is 6.54 Å². The standard InChI is InChI=1S/C14H21NO3/c1-2-3-7-12(16)8-5-4-6-11-15-13(17)9-10-14(15)18/h9-10H,2-8,11H2,1H3. The number of unbranched alkanes of at least 4 members (excludes halogenated alkanes) is 3. The fourth-order valence-corrected chi connectivity index (χ4v) is 1.92. The predicted molar refractivity (Wildman–Crippen MR) is 68.9 cm³/mol. The molecule has 4 nitrogen and oxygen atoms in total. The molecular weight excluding hydrogens is 230 g/mol. The summed E-state index contributed by atoms with van der Waals surface area (Å²) in [4.78, 5) is 35.1. The van der Waals surface area contributed by atoms with Crippen LogP contribution < -0.4 is 0 Å². The number of rotatable bonds is 9. The molecule has 0 fully saturated rings. The summed E-state index contributed by atoms with van der Waals surface area (Å²) in [5.41, 5.74) is 0. The minimum Gasteiger partial charge on any atom is -0.300 e. The van der Waals surface area contributed by atoms with Gasteiger partial charge in [0.05, 0.1) is 0 Å². The van der Waals surface area contributed by atoms with Crippen LogP contribution in [0.3, 0.4) is 0 Å². The van der Waals surface area contributed by atoms with Crippen molar-refractivity contribution in [1.29, 1.82) is 0 Å². The highest BCUT2D eigenvalue weighted by atomic mass is 16.2. The van der Waals surface area contributed by atoms with Crippen molar-refractivity contribution in [3.8, 4) is 0 Å². The van der Waals surface area contributed by atoms with Gasteiger partial charge in [-0.1, -0.05) is 19.8 Å². The highest BCUT2D eigenvalue weighted by Gasteiger charge is 2.22. The number of amides is 2. The van der Waals surface area contributed by atoms with Gasteiger partial charge < -0.3 is 0 Å². The third-order valence-corrected chi connectivity index (χ3v) is 3.05. The summed E-state index contributed by atoms with van der Waals surface area (Å²) in [5, 5.41) is 0. The molecule has 0 radical (unpaired) electrons. The van der Waals surface area contributed by atoms with Crippen LogP contribution in [0.5, 0.6) is 0 Å². The smallest absolute Gasteiger partial charge is 0.253 e. The van der Waals surface area contributed by atoms with E-state index < -0.39 is 0 Å². The van der Waals surface area contributed by atoms with Crippen LogP contribution in [0.4, 0.5) is 0 Å². The van der Waals surface area contributed by atoms with Crippen LogP contribution in [0.15, 0.2) is 12.2 Å². The average molecular weight is 251 g/mol. The first-order valence-electron chi connectivity index (χ1n) is 6.70. The average Bonchev–Trinajstić information content (AvgIpc) is 2.67. The Morgan fingerprint density at radius 2 is 1.61 bits per heavy atom. The lowest BCUT2D eigenvalue weighted by Crippen LogP contribution is -2.30. The molecule has 0 bridgehead atoms. The Bertz CT molecular complexity index is 329. The van der Waals surface area contributed by atoms with Crippen molar-refractivity contribution in [3.63, 3.8) is 0 Å². The first-order valence-corrected chi connectivity index (χ1v) is 6.70. The van der Waals surface area contributed by atoms with Crippen LogP contribution in [0.1, 0.15) is 51.9 Å². The van der Waals surface area contributed by atoms with Gasteiger partial charge >= 0.3 is 0 Å². The molecule has 0 spiro atoms. The Hall–Kier alpha value is -1.45. The van der Waals surface area contributed by atoms with Crippen LogP contribution in [-0.2, 0) is 14.4 Å². The molecule has 0 saturated heterocycles. The summed E-state index contributed by atoms with van der Waals surface area (Å²) in [7, 11) is 0. The molecule has 0 atom stereocenters. The van der Waals surface area contributed by atoms with E-state index in [2.05, 4.69) is 6.92 Å². The number of imide groups is 1. The van der Waals surface area contributed by atoms with E-state index in [0.29, 0.717) is 25.2 Å². The molecule has 4 heteroatoms. The van der Waals surface area contributed by atoms with E-state index in [0.717, 1.165) is 32.1 Å². The monoisotopic (exact) mass is 251 g/mol. The molecule has 1 aliphatic rings. The van der Waals surface area contributed by atoms with Gasteiger partial charge in [-0.2, -0.15) is 0 Å². The summed E-state index contributed by atoms with van der Waals surface area (Å²) < 4.78 is 0. The molecule has 100 valence electrons. The highest BCUT2D eigenvalue weighted by Crippen LogP contribution is 2.09. The number of carbonyl (C=O) groups is 3. The van der Waals surface area contributed by atoms with E-state index in [1.54, 1.807) is 0 Å². The van der Waals surface area contributed by atoms with Gasteiger partial charge in [-0.25, -0.2) is 0 Å². The second-order valence-electron chi connectivity index (χ2n) is 4.61. The molecule has 1 rings (SSSR count). The van der Waals surface area contributed by atoms with Gasteiger partial charge in [-0.3, -0.25) is 19.3 Å². The molecule has 0 aromatic rings. The van der Waals surface area contributed by atoms with Gasteiger partial charge in [0.1, 0.15) is 5.78 Å². The van der Waals surface area contributed by atoms with Gasteiger partial charge in [0.25, 0.3) is 11.8 Å². The number of carbonyl (C=O) groups excluding carboxylic acids is 3. The number of ketones is 1. The summed E-state index contributed by atoms with van der Waals surface area (Å²) in [6.45, 7) is 2.54. The quantitative estimate of drug-likeness (QED) is 0.466. The molecule has 2 amide bonds. The van der Waals surface area contributed by atoms with Gasteiger partial charge in [0, 0.05) is 31.5 Å². The Morgan fingerprint density at radius 3 is 2.22 bits per heavy atom. The maximum Gasteiger partial charge on any atom is 0.253 e. The molecule has 0 aliphatic carbocycles. The zero-order chi connectivity index (χ0) is 13.4. The second-order valence-corrected chi connectivity index (χ2v) is 4.61. The number of nitrogens with zero attached hydrogens (tertiary/aromatic N) is 1. The van der Waals surface area contributed by atoms with Gasteiger partial charge in [-0.05, 0) is 19.3 Å². The van der Waals surface area contributed by atoms with Crippen LogP contribution in [0.2, 0.25) is 0 Å². The molecule has 1 aliphatic heterocycles. The number of Topliss-reactive ketones (excluding diaryl/α,β-unsaturated/α-hetero) is 1. The predicted octanol–water partition coefficient (Wildman–Crippen LogP) is 2.23. The van der Waals surface area contributed by atoms with E-state index in [1.807, 2.05) is 0 Å². The summed E-state index contributed by atoms with van der Waals surface area (Å²) in [6.07, 6.45) is 8.46. The molecule has 1 heterocycles. The fraction of sp³-hybridized carbons (Fsp3) is 0.643. The lowest BCUT2D eigenvalue weighted by atomic mass is 10.1. The van der Waals surface area contributed by atoms with Crippen molar-refractivity contribution < 1.29 is 14.4 Å². The lowest BCUT2D eigenvalue weighted by molar-refractivity contribution is -0.136. The molecule has 18 heavy (non-hydrogen) atoms. The minimum atomic E-state index is -0.223. The van der Waals surface area contributed by atoms with Gasteiger partial charge in [-0.15, -0.1) is 0 Å². The van der Waals surface area contributed by atoms with E-state index in [1.165, 1.54) is 17.1 Å². The van der Waals surface area contributed by atoms with Crippen LogP contribution >= 0.6 is 0 Å². The SMILES string of the molecule is CCCCC(=O)CCCCCN1C(=O)C=CC1=O. The summed E-state index contributed by atoms with van der Waals surface area (Å²) >= 11 is 0. The molecule has 0 N–H and O–H groups in total. The number of hydrogen-bond donors (Lipinski definition) is 0. The molecule has 0 aromatic heterocycles. The topological polar surface area (TPSA) is 54.5 Å². The number of hydrogen-bond acceptors (Lipinski definition) is 3. The Morgan fingerprint density at radius 1 is 1.00 bits per heavy atom. The van der Waals surface area contributed by atoms with Crippen molar-refractivity contribution in [2.24, 2.45) is 0 Å². The normalized spacial score (nSPS) is 14.6. The first-order chi connectivity index (χ1) is 8.65. The van der Waals surface area contributed by atoms with Crippen molar-refractivity contribution >= 4 is 17.6 Å². The first kappa shape index (κ1) is 14.6. The Balaban J connectivity index is 2.04. The third-order valence-electron chi connectivity index (χ3n) is 3.05. The fourth-order valence-electron chi connectivity index (χ4n) is 1.92. The zero-order valence-electron chi connectivity index (χ0n) is 11.0. The lowest BCUT2D eigenvalue weighted by Gasteiger charge is -2.12. The summed E-state index contributed by atoms with van der Waals surface area (Å²) in [5.74, 6) is -0.120. The van der Waals surface area contributed by atoms with Crippen LogP contribution in [-0.4, -0.2) is 29.0 Å². The highest BCUT2D eigenvalue weighted by molar-refractivity contribution is 6.12.